The predicted molar refractivity (Wildman–Crippen MR) is 88.7 cm³/mol. The molecular formula is C19H23NO3. The van der Waals surface area contributed by atoms with Crippen LogP contribution < -0.4 is 0 Å². The predicted octanol–water partition coefficient (Wildman–Crippen LogP) is 3.34. The third kappa shape index (κ3) is 3.63. The van der Waals surface area contributed by atoms with Crippen LogP contribution in [0.1, 0.15) is 44.1 Å². The molecule has 1 saturated heterocycles. The number of aliphatic carboxylic acids is 1. The largest absolute Gasteiger partial charge is 0.478 e. The number of nitrogens with zero attached hydrogens (tertiary/aromatic N) is 1. The third-order valence-electron chi connectivity index (χ3n) is 5.09. The number of hydrogen-bond acceptors (Lipinski definition) is 2. The Bertz CT molecular complexity index is 608. The zero-order chi connectivity index (χ0) is 16.2. The molecule has 0 bridgehead atoms. The van der Waals surface area contributed by atoms with Crippen molar-refractivity contribution >= 4 is 18.0 Å². The van der Waals surface area contributed by atoms with Crippen LogP contribution in [0.5, 0.6) is 0 Å². The molecule has 2 unspecified atom stereocenters. The maximum Gasteiger partial charge on any atom is 0.332 e. The highest BCUT2D eigenvalue weighted by Gasteiger charge is 2.38. The molecule has 1 amide bonds. The average Bonchev–Trinajstić information content (AvgIpc) is 2.99. The molecule has 122 valence electrons. The van der Waals surface area contributed by atoms with E-state index in [0.29, 0.717) is 12.0 Å². The zero-order valence-electron chi connectivity index (χ0n) is 13.3. The molecule has 1 N–H and O–H groups in total. The second-order valence-electron chi connectivity index (χ2n) is 6.55. The standard InChI is InChI=1S/C19H23NO3/c21-18(20-11-10-15-8-4-5-9-17(15)20)13-16(19(22)23)12-14-6-2-1-3-7-14/h1-3,6-7,12,15,17H,4-5,8-11,13H2,(H,22,23)/b16-12+. The average molecular weight is 313 g/mol. The van der Waals surface area contributed by atoms with Crippen LogP contribution in [0, 0.1) is 5.92 Å². The van der Waals surface area contributed by atoms with Gasteiger partial charge in [-0.1, -0.05) is 43.2 Å². The van der Waals surface area contributed by atoms with Gasteiger partial charge < -0.3 is 10.0 Å². The number of carboxylic acids is 1. The van der Waals surface area contributed by atoms with Gasteiger partial charge in [0.15, 0.2) is 0 Å². The smallest absolute Gasteiger partial charge is 0.332 e. The van der Waals surface area contributed by atoms with E-state index >= 15 is 0 Å². The van der Waals surface area contributed by atoms with Gasteiger partial charge in [0.05, 0.1) is 6.42 Å². The minimum absolute atomic E-state index is 0.0204. The Kier molecular flexibility index (Phi) is 4.79. The molecule has 3 rings (SSSR count). The zero-order valence-corrected chi connectivity index (χ0v) is 13.3. The van der Waals surface area contributed by atoms with Gasteiger partial charge >= 0.3 is 5.97 Å². The van der Waals surface area contributed by atoms with E-state index in [1.54, 1.807) is 6.08 Å². The van der Waals surface area contributed by atoms with Gasteiger partial charge in [0.2, 0.25) is 5.91 Å². The first-order valence-electron chi connectivity index (χ1n) is 8.43. The molecule has 1 heterocycles. The number of carboxylic acid groups (broad SMARTS) is 1. The highest BCUT2D eigenvalue weighted by molar-refractivity contribution is 5.98. The molecule has 1 aliphatic heterocycles. The normalized spacial score (nSPS) is 24.3. The van der Waals surface area contributed by atoms with Gasteiger partial charge in [0, 0.05) is 18.2 Å². The van der Waals surface area contributed by atoms with Crippen molar-refractivity contribution in [2.24, 2.45) is 5.92 Å². The molecule has 2 aliphatic rings. The van der Waals surface area contributed by atoms with Gasteiger partial charge in [-0.2, -0.15) is 0 Å². The molecule has 1 saturated carbocycles. The van der Waals surface area contributed by atoms with Gasteiger partial charge in [-0.15, -0.1) is 0 Å². The Balaban J connectivity index is 1.72. The maximum absolute atomic E-state index is 12.6. The number of amides is 1. The maximum atomic E-state index is 12.6. The summed E-state index contributed by atoms with van der Waals surface area (Å²) in [5, 5.41) is 9.42. The molecule has 4 nitrogen and oxygen atoms in total. The van der Waals surface area contributed by atoms with Crippen molar-refractivity contribution in [1.82, 2.24) is 4.90 Å². The first-order valence-corrected chi connectivity index (χ1v) is 8.43. The summed E-state index contributed by atoms with van der Waals surface area (Å²) in [6.45, 7) is 0.784. The summed E-state index contributed by atoms with van der Waals surface area (Å²) < 4.78 is 0. The van der Waals surface area contributed by atoms with E-state index < -0.39 is 5.97 Å². The van der Waals surface area contributed by atoms with Crippen LogP contribution in [-0.4, -0.2) is 34.5 Å². The number of carbonyl (C=O) groups excluding carboxylic acids is 1. The lowest BCUT2D eigenvalue weighted by Gasteiger charge is -2.31. The number of carbonyl (C=O) groups is 2. The van der Waals surface area contributed by atoms with Crippen molar-refractivity contribution < 1.29 is 14.7 Å². The summed E-state index contributed by atoms with van der Waals surface area (Å²) >= 11 is 0. The summed E-state index contributed by atoms with van der Waals surface area (Å²) in [5.74, 6) is -0.426. The van der Waals surface area contributed by atoms with E-state index in [0.717, 1.165) is 24.9 Å². The summed E-state index contributed by atoms with van der Waals surface area (Å²) in [7, 11) is 0. The van der Waals surface area contributed by atoms with E-state index in [-0.39, 0.29) is 17.9 Å². The summed E-state index contributed by atoms with van der Waals surface area (Å²) in [5.41, 5.74) is 0.982. The minimum Gasteiger partial charge on any atom is -0.478 e. The van der Waals surface area contributed by atoms with Crippen molar-refractivity contribution in [3.8, 4) is 0 Å². The Morgan fingerprint density at radius 2 is 1.87 bits per heavy atom. The fraction of sp³-hybridized carbons (Fsp3) is 0.474. The highest BCUT2D eigenvalue weighted by atomic mass is 16.4. The molecule has 0 aromatic heterocycles. The van der Waals surface area contributed by atoms with Crippen LogP contribution in [0.25, 0.3) is 6.08 Å². The van der Waals surface area contributed by atoms with Crippen molar-refractivity contribution in [3.63, 3.8) is 0 Å². The van der Waals surface area contributed by atoms with Crippen LogP contribution in [0.3, 0.4) is 0 Å². The Hall–Kier alpha value is -2.10. The first-order chi connectivity index (χ1) is 11.1. The SMILES string of the molecule is O=C(O)/C(=C/c1ccccc1)CC(=O)N1CCC2CCCCC21. The van der Waals surface area contributed by atoms with E-state index in [1.807, 2.05) is 35.2 Å². The summed E-state index contributed by atoms with van der Waals surface area (Å²) in [6.07, 6.45) is 7.37. The molecule has 1 aliphatic carbocycles. The van der Waals surface area contributed by atoms with Crippen molar-refractivity contribution in [2.45, 2.75) is 44.6 Å². The van der Waals surface area contributed by atoms with Crippen LogP contribution in [0.4, 0.5) is 0 Å². The minimum atomic E-state index is -1.01. The third-order valence-corrected chi connectivity index (χ3v) is 5.09. The van der Waals surface area contributed by atoms with Crippen molar-refractivity contribution in [2.75, 3.05) is 6.54 Å². The van der Waals surface area contributed by atoms with E-state index in [1.165, 1.54) is 19.3 Å². The molecule has 0 radical (unpaired) electrons. The second kappa shape index (κ2) is 6.99. The molecular weight excluding hydrogens is 290 g/mol. The number of hydrogen-bond donors (Lipinski definition) is 1. The van der Waals surface area contributed by atoms with Gasteiger partial charge in [0.25, 0.3) is 0 Å². The lowest BCUT2D eigenvalue weighted by atomic mass is 9.85. The molecule has 1 aromatic rings. The molecule has 2 fully saturated rings. The Labute approximate surface area is 136 Å². The lowest BCUT2D eigenvalue weighted by Crippen LogP contribution is -2.39. The number of benzene rings is 1. The Morgan fingerprint density at radius 1 is 1.13 bits per heavy atom. The fourth-order valence-corrected chi connectivity index (χ4v) is 3.92. The van der Waals surface area contributed by atoms with E-state index in [9.17, 15) is 14.7 Å². The van der Waals surface area contributed by atoms with Crippen LogP contribution in [-0.2, 0) is 9.59 Å². The second-order valence-corrected chi connectivity index (χ2v) is 6.55. The Morgan fingerprint density at radius 3 is 2.61 bits per heavy atom. The van der Waals surface area contributed by atoms with Gasteiger partial charge in [0.1, 0.15) is 0 Å². The number of rotatable bonds is 4. The lowest BCUT2D eigenvalue weighted by molar-refractivity contribution is -0.137. The molecule has 2 atom stereocenters. The summed E-state index contributed by atoms with van der Waals surface area (Å²) in [4.78, 5) is 26.1. The van der Waals surface area contributed by atoms with E-state index in [2.05, 4.69) is 0 Å². The van der Waals surface area contributed by atoms with E-state index in [4.69, 9.17) is 0 Å². The van der Waals surface area contributed by atoms with Crippen LogP contribution in [0.2, 0.25) is 0 Å². The van der Waals surface area contributed by atoms with Gasteiger partial charge in [-0.25, -0.2) is 4.79 Å². The topological polar surface area (TPSA) is 57.6 Å². The van der Waals surface area contributed by atoms with Gasteiger partial charge in [-0.05, 0) is 36.8 Å². The molecule has 23 heavy (non-hydrogen) atoms. The van der Waals surface area contributed by atoms with Crippen molar-refractivity contribution in [1.29, 1.82) is 0 Å². The molecule has 4 heteroatoms. The monoisotopic (exact) mass is 313 g/mol. The summed E-state index contributed by atoms with van der Waals surface area (Å²) in [6, 6.07) is 9.64. The van der Waals surface area contributed by atoms with Crippen molar-refractivity contribution in [3.05, 3.63) is 41.5 Å². The number of likely N-dealkylation sites (tertiary alicyclic amines) is 1. The van der Waals surface area contributed by atoms with Crippen LogP contribution in [0.15, 0.2) is 35.9 Å². The molecule has 0 spiro atoms. The van der Waals surface area contributed by atoms with Gasteiger partial charge in [-0.3, -0.25) is 4.79 Å². The number of fused-ring (bicyclic) bond motifs is 1. The highest BCUT2D eigenvalue weighted by Crippen LogP contribution is 2.36. The first kappa shape index (κ1) is 15.8. The fourth-order valence-electron chi connectivity index (χ4n) is 3.92. The quantitative estimate of drug-likeness (QED) is 0.867. The molecule has 1 aromatic carbocycles. The van der Waals surface area contributed by atoms with Crippen LogP contribution >= 0.6 is 0 Å².